The number of fused-ring (bicyclic) bond motifs is 1. The van der Waals surface area contributed by atoms with Crippen molar-refractivity contribution in [3.8, 4) is 5.75 Å². The van der Waals surface area contributed by atoms with Crippen molar-refractivity contribution in [2.75, 3.05) is 13.7 Å². The summed E-state index contributed by atoms with van der Waals surface area (Å²) in [4.78, 5) is 0. The van der Waals surface area contributed by atoms with Gasteiger partial charge >= 0.3 is 0 Å². The Morgan fingerprint density at radius 3 is 2.32 bits per heavy atom. The van der Waals surface area contributed by atoms with Gasteiger partial charge in [0.15, 0.2) is 6.29 Å². The van der Waals surface area contributed by atoms with E-state index in [0.717, 1.165) is 29.7 Å². The summed E-state index contributed by atoms with van der Waals surface area (Å²) >= 11 is 0. The first kappa shape index (κ1) is 16.5. The largest absolute Gasteiger partial charge is 0.497 e. The highest BCUT2D eigenvalue weighted by Gasteiger charge is 2.38. The monoisotopic (exact) mass is 344 g/mol. The van der Waals surface area contributed by atoms with E-state index in [1.807, 2.05) is 24.3 Å². The minimum Gasteiger partial charge on any atom is -0.497 e. The Kier molecular flexibility index (Phi) is 4.70. The van der Waals surface area contributed by atoms with E-state index >= 15 is 0 Å². The Morgan fingerprint density at radius 2 is 1.60 bits per heavy atom. The average molecular weight is 344 g/mol. The molecule has 2 aliphatic rings. The van der Waals surface area contributed by atoms with Gasteiger partial charge in [-0.3, -0.25) is 0 Å². The second kappa shape index (κ2) is 7.12. The first-order valence-electron chi connectivity index (χ1n) is 8.55. The van der Waals surface area contributed by atoms with Crippen LogP contribution in [0.25, 0.3) is 0 Å². The Labute approximate surface area is 146 Å². The third-order valence-electron chi connectivity index (χ3n) is 4.81. The summed E-state index contributed by atoms with van der Waals surface area (Å²) < 4.78 is 36.4. The molecular formula is C20H21FO4. The molecule has 2 aromatic rings. The quantitative estimate of drug-likeness (QED) is 0.837. The predicted octanol–water partition coefficient (Wildman–Crippen LogP) is 4.17. The molecule has 25 heavy (non-hydrogen) atoms. The Hall–Kier alpha value is -1.95. The second-order valence-corrected chi connectivity index (χ2v) is 6.41. The molecule has 0 N–H and O–H groups in total. The zero-order valence-corrected chi connectivity index (χ0v) is 14.1. The van der Waals surface area contributed by atoms with Crippen LogP contribution in [0.5, 0.6) is 5.75 Å². The number of methoxy groups -OCH3 is 1. The topological polar surface area (TPSA) is 36.9 Å². The molecule has 0 unspecified atom stereocenters. The molecule has 0 bridgehead atoms. The number of hydrogen-bond donors (Lipinski definition) is 0. The maximum atomic E-state index is 13.1. The van der Waals surface area contributed by atoms with Crippen LogP contribution in [0.1, 0.15) is 36.4 Å². The SMILES string of the molecule is COc1ccc([C@@H]2OC[C@H]3O[C@@H](c4ccc(F)cc4)CC[C@@H]3O2)cc1. The first-order chi connectivity index (χ1) is 12.2. The molecule has 2 saturated heterocycles. The maximum absolute atomic E-state index is 13.1. The molecule has 2 heterocycles. The zero-order valence-electron chi connectivity index (χ0n) is 14.1. The molecule has 0 saturated carbocycles. The van der Waals surface area contributed by atoms with Crippen molar-refractivity contribution >= 4 is 0 Å². The first-order valence-corrected chi connectivity index (χ1v) is 8.55. The van der Waals surface area contributed by atoms with Gasteiger partial charge in [0, 0.05) is 5.56 Å². The van der Waals surface area contributed by atoms with E-state index in [-0.39, 0.29) is 30.4 Å². The lowest BCUT2D eigenvalue weighted by atomic mass is 9.96. The Morgan fingerprint density at radius 1 is 0.880 bits per heavy atom. The maximum Gasteiger partial charge on any atom is 0.184 e. The summed E-state index contributed by atoms with van der Waals surface area (Å²) in [5.74, 6) is 0.574. The summed E-state index contributed by atoms with van der Waals surface area (Å²) in [5, 5.41) is 0. The van der Waals surface area contributed by atoms with E-state index in [0.29, 0.717) is 6.61 Å². The van der Waals surface area contributed by atoms with Gasteiger partial charge in [-0.1, -0.05) is 24.3 Å². The minimum atomic E-state index is -0.377. The number of benzene rings is 2. The molecular weight excluding hydrogens is 323 g/mol. The number of rotatable bonds is 3. The van der Waals surface area contributed by atoms with Gasteiger partial charge in [0.1, 0.15) is 17.7 Å². The van der Waals surface area contributed by atoms with Gasteiger partial charge in [-0.2, -0.15) is 0 Å². The third kappa shape index (κ3) is 3.54. The zero-order chi connectivity index (χ0) is 17.2. The van der Waals surface area contributed by atoms with Crippen LogP contribution in [0.15, 0.2) is 48.5 Å². The van der Waals surface area contributed by atoms with Crippen molar-refractivity contribution in [3.63, 3.8) is 0 Å². The molecule has 4 atom stereocenters. The van der Waals surface area contributed by atoms with Crippen molar-refractivity contribution in [2.45, 2.75) is 37.4 Å². The smallest absolute Gasteiger partial charge is 0.184 e. The highest BCUT2D eigenvalue weighted by Crippen LogP contribution is 2.38. The van der Waals surface area contributed by atoms with E-state index < -0.39 is 0 Å². The van der Waals surface area contributed by atoms with Gasteiger partial charge in [0.2, 0.25) is 0 Å². The fraction of sp³-hybridized carbons (Fsp3) is 0.400. The van der Waals surface area contributed by atoms with Gasteiger partial charge in [0.05, 0.1) is 25.9 Å². The molecule has 0 spiro atoms. The molecule has 0 aromatic heterocycles. The van der Waals surface area contributed by atoms with E-state index in [2.05, 4.69) is 0 Å². The molecule has 0 radical (unpaired) electrons. The highest BCUT2D eigenvalue weighted by molar-refractivity contribution is 5.28. The third-order valence-corrected chi connectivity index (χ3v) is 4.81. The molecule has 4 nitrogen and oxygen atoms in total. The lowest BCUT2D eigenvalue weighted by Crippen LogP contribution is -2.45. The van der Waals surface area contributed by atoms with Crippen molar-refractivity contribution < 1.29 is 23.3 Å². The van der Waals surface area contributed by atoms with E-state index in [1.165, 1.54) is 12.1 Å². The van der Waals surface area contributed by atoms with Crippen molar-refractivity contribution in [1.82, 2.24) is 0 Å². The van der Waals surface area contributed by atoms with Crippen LogP contribution in [0.3, 0.4) is 0 Å². The molecule has 5 heteroatoms. The molecule has 0 amide bonds. The van der Waals surface area contributed by atoms with Crippen LogP contribution < -0.4 is 4.74 Å². The normalized spacial score (nSPS) is 29.0. The molecule has 2 aromatic carbocycles. The fourth-order valence-corrected chi connectivity index (χ4v) is 3.41. The van der Waals surface area contributed by atoms with Crippen LogP contribution in [0, 0.1) is 5.82 Å². The summed E-state index contributed by atoms with van der Waals surface area (Å²) in [7, 11) is 1.64. The van der Waals surface area contributed by atoms with Crippen molar-refractivity contribution in [3.05, 3.63) is 65.5 Å². The van der Waals surface area contributed by atoms with Crippen molar-refractivity contribution in [2.24, 2.45) is 0 Å². The van der Waals surface area contributed by atoms with Crippen LogP contribution in [-0.4, -0.2) is 25.9 Å². The van der Waals surface area contributed by atoms with Crippen LogP contribution in [-0.2, 0) is 14.2 Å². The molecule has 4 rings (SSSR count). The number of ether oxygens (including phenoxy) is 4. The van der Waals surface area contributed by atoms with Crippen molar-refractivity contribution in [1.29, 1.82) is 0 Å². The predicted molar refractivity (Wildman–Crippen MR) is 89.8 cm³/mol. The molecule has 2 fully saturated rings. The van der Waals surface area contributed by atoms with E-state index in [4.69, 9.17) is 18.9 Å². The minimum absolute atomic E-state index is 0.0116. The van der Waals surface area contributed by atoms with Gasteiger partial charge in [-0.15, -0.1) is 0 Å². The summed E-state index contributed by atoms with van der Waals surface area (Å²) in [6, 6.07) is 14.2. The van der Waals surface area contributed by atoms with Gasteiger partial charge in [0.25, 0.3) is 0 Å². The lowest BCUT2D eigenvalue weighted by molar-refractivity contribution is -0.289. The lowest BCUT2D eigenvalue weighted by Gasteiger charge is -2.42. The average Bonchev–Trinajstić information content (AvgIpc) is 2.68. The van der Waals surface area contributed by atoms with Gasteiger partial charge in [-0.25, -0.2) is 4.39 Å². The van der Waals surface area contributed by atoms with Crippen LogP contribution >= 0.6 is 0 Å². The van der Waals surface area contributed by atoms with E-state index in [1.54, 1.807) is 19.2 Å². The van der Waals surface area contributed by atoms with Gasteiger partial charge < -0.3 is 18.9 Å². The van der Waals surface area contributed by atoms with E-state index in [9.17, 15) is 4.39 Å². The fourth-order valence-electron chi connectivity index (χ4n) is 3.41. The second-order valence-electron chi connectivity index (χ2n) is 6.41. The number of hydrogen-bond acceptors (Lipinski definition) is 4. The van der Waals surface area contributed by atoms with Crippen LogP contribution in [0.4, 0.5) is 4.39 Å². The summed E-state index contributed by atoms with van der Waals surface area (Å²) in [6.07, 6.45) is 1.24. The Bertz CT molecular complexity index is 701. The standard InChI is InChI=1S/C20H21FO4/c1-22-16-8-4-14(5-9-16)20-23-12-19-18(25-20)11-10-17(24-19)13-2-6-15(21)7-3-13/h2-9,17-20H,10-12H2,1H3/t17-,18+,19-,20-/m1/s1. The van der Waals surface area contributed by atoms with Gasteiger partial charge in [-0.05, 0) is 42.7 Å². The molecule has 2 aliphatic heterocycles. The van der Waals surface area contributed by atoms with Crippen LogP contribution in [0.2, 0.25) is 0 Å². The highest BCUT2D eigenvalue weighted by atomic mass is 19.1. The molecule has 0 aliphatic carbocycles. The molecule has 132 valence electrons. The number of halogens is 1. The summed E-state index contributed by atoms with van der Waals surface area (Å²) in [6.45, 7) is 0.485. The Balaban J connectivity index is 1.40. The summed E-state index contributed by atoms with van der Waals surface area (Å²) in [5.41, 5.74) is 1.97.